The first-order chi connectivity index (χ1) is 8.93. The van der Waals surface area contributed by atoms with Gasteiger partial charge in [0.1, 0.15) is 5.75 Å². The number of halogens is 1. The van der Waals surface area contributed by atoms with Crippen molar-refractivity contribution in [2.45, 2.75) is 27.3 Å². The van der Waals surface area contributed by atoms with Gasteiger partial charge in [0.15, 0.2) is 0 Å². The molecule has 1 aromatic heterocycles. The molecule has 0 aliphatic rings. The Hall–Kier alpha value is -1.52. The van der Waals surface area contributed by atoms with E-state index in [1.807, 2.05) is 40.0 Å². The molecular weight excluding hydrogens is 262 g/mol. The zero-order valence-corrected chi connectivity index (χ0v) is 12.4. The molecule has 0 radical (unpaired) electrons. The van der Waals surface area contributed by atoms with Gasteiger partial charge < -0.3 is 10.5 Å². The van der Waals surface area contributed by atoms with Gasteiger partial charge in [-0.05, 0) is 44.0 Å². The average molecular weight is 280 g/mol. The van der Waals surface area contributed by atoms with Gasteiger partial charge in [-0.1, -0.05) is 11.6 Å². The molecule has 5 heteroatoms. The maximum atomic E-state index is 6.03. The van der Waals surface area contributed by atoms with Crippen LogP contribution in [0.2, 0.25) is 5.02 Å². The number of ether oxygens (including phenoxy) is 1. The topological polar surface area (TPSA) is 53.1 Å². The predicted octanol–water partition coefficient (Wildman–Crippen LogP) is 3.25. The van der Waals surface area contributed by atoms with Gasteiger partial charge in [0, 0.05) is 18.6 Å². The first-order valence-corrected chi connectivity index (χ1v) is 6.49. The summed E-state index contributed by atoms with van der Waals surface area (Å²) in [5, 5.41) is 5.05. The highest BCUT2D eigenvalue weighted by atomic mass is 35.5. The van der Waals surface area contributed by atoms with E-state index in [1.54, 1.807) is 4.68 Å². The number of aromatic nitrogens is 2. The van der Waals surface area contributed by atoms with Gasteiger partial charge in [0.25, 0.3) is 0 Å². The Labute approximate surface area is 118 Å². The van der Waals surface area contributed by atoms with Crippen molar-refractivity contribution in [1.29, 1.82) is 0 Å². The molecule has 0 spiro atoms. The van der Waals surface area contributed by atoms with Crippen LogP contribution in [0.4, 0.5) is 0 Å². The van der Waals surface area contributed by atoms with Crippen LogP contribution >= 0.6 is 11.6 Å². The Morgan fingerprint density at radius 2 is 1.84 bits per heavy atom. The molecule has 0 unspecified atom stereocenters. The van der Waals surface area contributed by atoms with Gasteiger partial charge in [0.2, 0.25) is 5.88 Å². The number of benzene rings is 1. The summed E-state index contributed by atoms with van der Waals surface area (Å²) in [6, 6.07) is 3.77. The minimum Gasteiger partial charge on any atom is -0.438 e. The molecule has 0 atom stereocenters. The molecule has 0 bridgehead atoms. The van der Waals surface area contributed by atoms with Crippen molar-refractivity contribution < 1.29 is 4.74 Å². The van der Waals surface area contributed by atoms with E-state index in [-0.39, 0.29) is 0 Å². The molecule has 0 saturated carbocycles. The molecule has 2 aromatic rings. The van der Waals surface area contributed by atoms with Gasteiger partial charge in [-0.3, -0.25) is 0 Å². The van der Waals surface area contributed by atoms with Gasteiger partial charge in [-0.2, -0.15) is 5.10 Å². The van der Waals surface area contributed by atoms with Crippen LogP contribution in [0.25, 0.3) is 0 Å². The van der Waals surface area contributed by atoms with Gasteiger partial charge in [0.05, 0.1) is 11.3 Å². The minimum absolute atomic E-state index is 0.403. The Morgan fingerprint density at radius 3 is 2.37 bits per heavy atom. The summed E-state index contributed by atoms with van der Waals surface area (Å²) in [4.78, 5) is 0. The molecule has 1 heterocycles. The van der Waals surface area contributed by atoms with Crippen LogP contribution < -0.4 is 10.5 Å². The predicted molar refractivity (Wildman–Crippen MR) is 76.8 cm³/mol. The number of aryl methyl sites for hydroxylation is 4. The fourth-order valence-corrected chi connectivity index (χ4v) is 2.53. The summed E-state index contributed by atoms with van der Waals surface area (Å²) < 4.78 is 7.74. The van der Waals surface area contributed by atoms with Gasteiger partial charge >= 0.3 is 0 Å². The highest BCUT2D eigenvalue weighted by Gasteiger charge is 2.16. The Kier molecular flexibility index (Phi) is 3.83. The van der Waals surface area contributed by atoms with Crippen molar-refractivity contribution in [3.05, 3.63) is 39.5 Å². The van der Waals surface area contributed by atoms with Crippen LogP contribution in [0.15, 0.2) is 12.1 Å². The van der Waals surface area contributed by atoms with Gasteiger partial charge in [-0.25, -0.2) is 4.68 Å². The van der Waals surface area contributed by atoms with E-state index in [0.717, 1.165) is 28.1 Å². The fourth-order valence-electron chi connectivity index (χ4n) is 2.20. The molecule has 1 aromatic carbocycles. The van der Waals surface area contributed by atoms with E-state index in [4.69, 9.17) is 22.1 Å². The third-order valence-corrected chi connectivity index (χ3v) is 3.33. The Balaban J connectivity index is 2.47. The summed E-state index contributed by atoms with van der Waals surface area (Å²) in [5.74, 6) is 1.50. The van der Waals surface area contributed by atoms with Crippen LogP contribution in [0.3, 0.4) is 0 Å². The molecule has 102 valence electrons. The van der Waals surface area contributed by atoms with E-state index in [1.165, 1.54) is 0 Å². The highest BCUT2D eigenvalue weighted by Crippen LogP contribution is 2.33. The van der Waals surface area contributed by atoms with Crippen LogP contribution in [0.5, 0.6) is 11.6 Å². The van der Waals surface area contributed by atoms with E-state index in [9.17, 15) is 0 Å². The first kappa shape index (κ1) is 13.9. The lowest BCUT2D eigenvalue weighted by Crippen LogP contribution is -2.02. The monoisotopic (exact) mass is 279 g/mol. The van der Waals surface area contributed by atoms with Gasteiger partial charge in [-0.15, -0.1) is 0 Å². The largest absolute Gasteiger partial charge is 0.438 e. The highest BCUT2D eigenvalue weighted by molar-refractivity contribution is 6.30. The lowest BCUT2D eigenvalue weighted by Gasteiger charge is -2.13. The molecular formula is C14H18ClN3O. The Bertz CT molecular complexity index is 596. The molecule has 0 aliphatic carbocycles. The number of hydrogen-bond acceptors (Lipinski definition) is 3. The van der Waals surface area contributed by atoms with Crippen LogP contribution in [-0.4, -0.2) is 9.78 Å². The standard InChI is InChI=1S/C14H18ClN3O/c1-8-5-11(15)6-9(2)13(8)19-14-12(7-16)10(3)17-18(14)4/h5-6H,7,16H2,1-4H3. The van der Waals surface area contributed by atoms with Crippen molar-refractivity contribution in [3.8, 4) is 11.6 Å². The number of hydrogen-bond donors (Lipinski definition) is 1. The molecule has 0 saturated heterocycles. The van der Waals surface area contributed by atoms with E-state index >= 15 is 0 Å². The third kappa shape index (κ3) is 2.60. The third-order valence-electron chi connectivity index (χ3n) is 3.12. The van der Waals surface area contributed by atoms with E-state index < -0.39 is 0 Å². The van der Waals surface area contributed by atoms with Crippen LogP contribution in [0.1, 0.15) is 22.4 Å². The zero-order valence-electron chi connectivity index (χ0n) is 11.6. The second-order valence-corrected chi connectivity index (χ2v) is 5.10. The number of rotatable bonds is 3. The maximum Gasteiger partial charge on any atom is 0.222 e. The Morgan fingerprint density at radius 1 is 1.26 bits per heavy atom. The van der Waals surface area contributed by atoms with Crippen molar-refractivity contribution in [2.75, 3.05) is 0 Å². The maximum absolute atomic E-state index is 6.03. The second-order valence-electron chi connectivity index (χ2n) is 4.67. The lowest BCUT2D eigenvalue weighted by molar-refractivity contribution is 0.420. The quantitative estimate of drug-likeness (QED) is 0.938. The van der Waals surface area contributed by atoms with Crippen molar-refractivity contribution >= 4 is 11.6 Å². The average Bonchev–Trinajstić information content (AvgIpc) is 2.57. The summed E-state index contributed by atoms with van der Waals surface area (Å²) in [7, 11) is 1.85. The minimum atomic E-state index is 0.403. The number of nitrogens with two attached hydrogens (primary N) is 1. The summed E-state index contributed by atoms with van der Waals surface area (Å²) in [6.45, 7) is 6.27. The molecule has 0 aliphatic heterocycles. The molecule has 0 amide bonds. The lowest BCUT2D eigenvalue weighted by atomic mass is 10.1. The first-order valence-electron chi connectivity index (χ1n) is 6.11. The molecule has 19 heavy (non-hydrogen) atoms. The summed E-state index contributed by atoms with van der Waals surface area (Å²) >= 11 is 6.03. The van der Waals surface area contributed by atoms with Crippen molar-refractivity contribution in [2.24, 2.45) is 12.8 Å². The SMILES string of the molecule is Cc1cc(Cl)cc(C)c1Oc1c(CN)c(C)nn1C. The molecule has 2 N–H and O–H groups in total. The molecule has 2 rings (SSSR count). The smallest absolute Gasteiger partial charge is 0.222 e. The fraction of sp³-hybridized carbons (Fsp3) is 0.357. The van der Waals surface area contributed by atoms with Crippen LogP contribution in [-0.2, 0) is 13.6 Å². The van der Waals surface area contributed by atoms with Crippen LogP contribution in [0, 0.1) is 20.8 Å². The summed E-state index contributed by atoms with van der Waals surface area (Å²) in [6.07, 6.45) is 0. The molecule has 0 fully saturated rings. The van der Waals surface area contributed by atoms with Crippen molar-refractivity contribution in [1.82, 2.24) is 9.78 Å². The normalized spacial score (nSPS) is 10.8. The zero-order chi connectivity index (χ0) is 14.2. The van der Waals surface area contributed by atoms with Crippen molar-refractivity contribution in [3.63, 3.8) is 0 Å². The summed E-state index contributed by atoms with van der Waals surface area (Å²) in [5.41, 5.74) is 9.57. The molecule has 4 nitrogen and oxygen atoms in total. The second kappa shape index (κ2) is 5.23. The van der Waals surface area contributed by atoms with E-state index in [2.05, 4.69) is 5.10 Å². The van der Waals surface area contributed by atoms with E-state index in [0.29, 0.717) is 17.4 Å². The number of nitrogens with zero attached hydrogens (tertiary/aromatic N) is 2.